The van der Waals surface area contributed by atoms with Crippen molar-refractivity contribution >= 4 is 5.91 Å². The standard InChI is InChI=1S/C10H21N3O/c1-12-6-2-3-10(14)13-7-4-9(11)5-8-13/h9,12H,2-8,11H2,1H3. The molecule has 4 heteroatoms. The Balaban J connectivity index is 2.17. The molecule has 1 fully saturated rings. The molecule has 1 heterocycles. The van der Waals surface area contributed by atoms with Crippen LogP contribution in [0, 0.1) is 0 Å². The molecule has 0 spiro atoms. The predicted octanol–water partition coefficient (Wildman–Crippen LogP) is -0.0643. The molecule has 14 heavy (non-hydrogen) atoms. The van der Waals surface area contributed by atoms with E-state index in [4.69, 9.17) is 5.73 Å². The maximum absolute atomic E-state index is 11.6. The van der Waals surface area contributed by atoms with Crippen molar-refractivity contribution in [2.45, 2.75) is 31.7 Å². The number of nitrogens with two attached hydrogens (primary N) is 1. The lowest BCUT2D eigenvalue weighted by Gasteiger charge is -2.30. The van der Waals surface area contributed by atoms with E-state index in [0.29, 0.717) is 12.5 Å². The van der Waals surface area contributed by atoms with Gasteiger partial charge in [-0.3, -0.25) is 4.79 Å². The number of carbonyl (C=O) groups excluding carboxylic acids is 1. The molecule has 0 bridgehead atoms. The van der Waals surface area contributed by atoms with Gasteiger partial charge in [-0.2, -0.15) is 0 Å². The summed E-state index contributed by atoms with van der Waals surface area (Å²) in [7, 11) is 1.91. The highest BCUT2D eigenvalue weighted by molar-refractivity contribution is 5.76. The van der Waals surface area contributed by atoms with Crippen molar-refractivity contribution in [3.63, 3.8) is 0 Å². The van der Waals surface area contributed by atoms with Crippen molar-refractivity contribution in [3.05, 3.63) is 0 Å². The molecule has 82 valence electrons. The van der Waals surface area contributed by atoms with Gasteiger partial charge in [0.1, 0.15) is 0 Å². The highest BCUT2D eigenvalue weighted by Gasteiger charge is 2.19. The summed E-state index contributed by atoms with van der Waals surface area (Å²) in [6, 6.07) is 0.302. The third-order valence-electron chi connectivity index (χ3n) is 2.71. The fraction of sp³-hybridized carbons (Fsp3) is 0.900. The van der Waals surface area contributed by atoms with E-state index in [1.807, 2.05) is 11.9 Å². The molecule has 0 radical (unpaired) electrons. The van der Waals surface area contributed by atoms with Gasteiger partial charge in [0.2, 0.25) is 5.91 Å². The smallest absolute Gasteiger partial charge is 0.222 e. The summed E-state index contributed by atoms with van der Waals surface area (Å²) in [5, 5.41) is 3.04. The molecule has 0 aliphatic carbocycles. The van der Waals surface area contributed by atoms with Crippen LogP contribution >= 0.6 is 0 Å². The predicted molar refractivity (Wildman–Crippen MR) is 57.0 cm³/mol. The Morgan fingerprint density at radius 3 is 2.71 bits per heavy atom. The molecular formula is C10H21N3O. The molecule has 0 aromatic carbocycles. The Morgan fingerprint density at radius 2 is 2.14 bits per heavy atom. The van der Waals surface area contributed by atoms with Gasteiger partial charge in [0.15, 0.2) is 0 Å². The van der Waals surface area contributed by atoms with Crippen LogP contribution in [0.2, 0.25) is 0 Å². The van der Waals surface area contributed by atoms with Gasteiger partial charge < -0.3 is 16.0 Å². The van der Waals surface area contributed by atoms with Crippen LogP contribution in [0.4, 0.5) is 0 Å². The highest BCUT2D eigenvalue weighted by atomic mass is 16.2. The van der Waals surface area contributed by atoms with Crippen LogP contribution < -0.4 is 11.1 Å². The quantitative estimate of drug-likeness (QED) is 0.623. The maximum atomic E-state index is 11.6. The van der Waals surface area contributed by atoms with Crippen molar-refractivity contribution in [3.8, 4) is 0 Å². The molecule has 0 unspecified atom stereocenters. The van der Waals surface area contributed by atoms with Crippen LogP contribution in [0.3, 0.4) is 0 Å². The number of hydrogen-bond donors (Lipinski definition) is 2. The number of carbonyl (C=O) groups is 1. The summed E-state index contributed by atoms with van der Waals surface area (Å²) >= 11 is 0. The fourth-order valence-electron chi connectivity index (χ4n) is 1.72. The van der Waals surface area contributed by atoms with Gasteiger partial charge in [-0.05, 0) is 32.9 Å². The van der Waals surface area contributed by atoms with E-state index in [1.54, 1.807) is 0 Å². The topological polar surface area (TPSA) is 58.4 Å². The number of nitrogens with one attached hydrogen (secondary N) is 1. The average molecular weight is 199 g/mol. The first-order chi connectivity index (χ1) is 6.74. The van der Waals surface area contributed by atoms with Gasteiger partial charge in [0.25, 0.3) is 0 Å². The SMILES string of the molecule is CNCCCC(=O)N1CCC(N)CC1. The molecule has 0 atom stereocenters. The van der Waals surface area contributed by atoms with Crippen LogP contribution in [0.15, 0.2) is 0 Å². The third kappa shape index (κ3) is 3.64. The number of likely N-dealkylation sites (tertiary alicyclic amines) is 1. The fourth-order valence-corrected chi connectivity index (χ4v) is 1.72. The van der Waals surface area contributed by atoms with Crippen LogP contribution in [0.25, 0.3) is 0 Å². The van der Waals surface area contributed by atoms with Gasteiger partial charge >= 0.3 is 0 Å². The summed E-state index contributed by atoms with van der Waals surface area (Å²) in [6.07, 6.45) is 3.50. The van der Waals surface area contributed by atoms with Crippen molar-refractivity contribution < 1.29 is 4.79 Å². The second-order valence-corrected chi connectivity index (χ2v) is 3.93. The molecule has 0 saturated carbocycles. The summed E-state index contributed by atoms with van der Waals surface area (Å²) in [5.41, 5.74) is 5.77. The van der Waals surface area contributed by atoms with Crippen molar-refractivity contribution in [2.75, 3.05) is 26.7 Å². The number of amides is 1. The van der Waals surface area contributed by atoms with Crippen molar-refractivity contribution in [1.82, 2.24) is 10.2 Å². The molecule has 3 N–H and O–H groups in total. The van der Waals surface area contributed by atoms with Gasteiger partial charge in [-0.1, -0.05) is 0 Å². The summed E-state index contributed by atoms with van der Waals surface area (Å²) in [4.78, 5) is 13.6. The monoisotopic (exact) mass is 199 g/mol. The zero-order chi connectivity index (χ0) is 10.4. The minimum atomic E-state index is 0.284. The first-order valence-corrected chi connectivity index (χ1v) is 5.42. The molecule has 4 nitrogen and oxygen atoms in total. The van der Waals surface area contributed by atoms with E-state index >= 15 is 0 Å². The van der Waals surface area contributed by atoms with E-state index in [-0.39, 0.29) is 5.91 Å². The molecule has 1 amide bonds. The molecule has 0 aromatic rings. The number of hydrogen-bond acceptors (Lipinski definition) is 3. The molecule has 1 aliphatic heterocycles. The molecule has 0 aromatic heterocycles. The molecule has 1 aliphatic rings. The van der Waals surface area contributed by atoms with Gasteiger partial charge in [0, 0.05) is 25.6 Å². The Morgan fingerprint density at radius 1 is 1.50 bits per heavy atom. The molecule has 1 rings (SSSR count). The Hall–Kier alpha value is -0.610. The minimum absolute atomic E-state index is 0.284. The van der Waals surface area contributed by atoms with Gasteiger partial charge in [-0.15, -0.1) is 0 Å². The molecule has 1 saturated heterocycles. The highest BCUT2D eigenvalue weighted by Crippen LogP contribution is 2.09. The number of piperidine rings is 1. The van der Waals surface area contributed by atoms with Crippen LogP contribution in [-0.2, 0) is 4.79 Å². The van der Waals surface area contributed by atoms with Crippen LogP contribution in [0.5, 0.6) is 0 Å². The van der Waals surface area contributed by atoms with E-state index in [0.717, 1.165) is 38.9 Å². The van der Waals surface area contributed by atoms with E-state index < -0.39 is 0 Å². The summed E-state index contributed by atoms with van der Waals surface area (Å²) in [6.45, 7) is 2.61. The van der Waals surface area contributed by atoms with Crippen molar-refractivity contribution in [2.24, 2.45) is 5.73 Å². The van der Waals surface area contributed by atoms with E-state index in [1.165, 1.54) is 0 Å². The second kappa shape index (κ2) is 5.98. The number of rotatable bonds is 4. The number of nitrogens with zero attached hydrogens (tertiary/aromatic N) is 1. The maximum Gasteiger partial charge on any atom is 0.222 e. The average Bonchev–Trinajstić information content (AvgIpc) is 2.19. The third-order valence-corrected chi connectivity index (χ3v) is 2.71. The minimum Gasteiger partial charge on any atom is -0.343 e. The second-order valence-electron chi connectivity index (χ2n) is 3.93. The first-order valence-electron chi connectivity index (χ1n) is 5.42. The zero-order valence-electron chi connectivity index (χ0n) is 8.96. The van der Waals surface area contributed by atoms with E-state index in [2.05, 4.69) is 5.32 Å². The Labute approximate surface area is 85.8 Å². The first kappa shape index (κ1) is 11.5. The Bertz CT molecular complexity index is 176. The largest absolute Gasteiger partial charge is 0.343 e. The summed E-state index contributed by atoms with van der Waals surface area (Å²) < 4.78 is 0. The van der Waals surface area contributed by atoms with Crippen LogP contribution in [-0.4, -0.2) is 43.5 Å². The van der Waals surface area contributed by atoms with Crippen LogP contribution in [0.1, 0.15) is 25.7 Å². The normalized spacial score (nSPS) is 18.6. The lowest BCUT2D eigenvalue weighted by atomic mass is 10.1. The van der Waals surface area contributed by atoms with E-state index in [9.17, 15) is 4.79 Å². The lowest BCUT2D eigenvalue weighted by molar-refractivity contribution is -0.132. The lowest BCUT2D eigenvalue weighted by Crippen LogP contribution is -2.42. The Kier molecular flexibility index (Phi) is 4.90. The summed E-state index contributed by atoms with van der Waals surface area (Å²) in [5.74, 6) is 0.284. The van der Waals surface area contributed by atoms with Gasteiger partial charge in [-0.25, -0.2) is 0 Å². The van der Waals surface area contributed by atoms with Crippen molar-refractivity contribution in [1.29, 1.82) is 0 Å². The molecular weight excluding hydrogens is 178 g/mol. The van der Waals surface area contributed by atoms with Gasteiger partial charge in [0.05, 0.1) is 0 Å². The zero-order valence-corrected chi connectivity index (χ0v) is 8.96.